The predicted octanol–water partition coefficient (Wildman–Crippen LogP) is 3.38. The molecule has 1 aromatic carbocycles. The van der Waals surface area contributed by atoms with E-state index in [1.165, 1.54) is 6.92 Å². The van der Waals surface area contributed by atoms with Crippen LogP contribution in [0, 0.1) is 0 Å². The Hall–Kier alpha value is -2.33. The number of halogens is 1. The second kappa shape index (κ2) is 10.4. The van der Waals surface area contributed by atoms with E-state index in [4.69, 9.17) is 14.2 Å². The first-order chi connectivity index (χ1) is 13.8. The highest BCUT2D eigenvalue weighted by molar-refractivity contribution is 9.10. The Bertz CT molecular complexity index is 855. The van der Waals surface area contributed by atoms with E-state index >= 15 is 0 Å². The molecule has 0 saturated carbocycles. The van der Waals surface area contributed by atoms with Crippen LogP contribution < -0.4 is 4.74 Å². The molecule has 1 heterocycles. The summed E-state index contributed by atoms with van der Waals surface area (Å²) in [7, 11) is 0. The number of thioether (sulfide) groups is 1. The van der Waals surface area contributed by atoms with E-state index in [1.807, 2.05) is 0 Å². The molecule has 1 aliphatic heterocycles. The van der Waals surface area contributed by atoms with Gasteiger partial charge in [-0.05, 0) is 72.2 Å². The lowest BCUT2D eigenvalue weighted by Crippen LogP contribution is -2.42. The zero-order chi connectivity index (χ0) is 21.6. The smallest absolute Gasteiger partial charge is 0.344 e. The average Bonchev–Trinajstić information content (AvgIpc) is 2.94. The molecule has 0 bridgehead atoms. The Morgan fingerprint density at radius 1 is 1.21 bits per heavy atom. The zero-order valence-electron chi connectivity index (χ0n) is 16.1. The number of carbonyl (C=O) groups excluding carboxylic acids is 4. The summed E-state index contributed by atoms with van der Waals surface area (Å²) < 4.78 is 15.6. The molecule has 1 atom stereocenters. The van der Waals surface area contributed by atoms with Crippen molar-refractivity contribution in [3.05, 3.63) is 33.1 Å². The Morgan fingerprint density at radius 2 is 1.90 bits per heavy atom. The van der Waals surface area contributed by atoms with Crippen LogP contribution >= 0.6 is 27.7 Å². The Labute approximate surface area is 180 Å². The van der Waals surface area contributed by atoms with E-state index < -0.39 is 29.1 Å². The van der Waals surface area contributed by atoms with Crippen molar-refractivity contribution in [2.45, 2.75) is 26.8 Å². The minimum absolute atomic E-state index is 0.161. The maximum absolute atomic E-state index is 12.6. The van der Waals surface area contributed by atoms with Gasteiger partial charge in [0.15, 0.2) is 6.61 Å². The molecule has 1 aliphatic rings. The normalized spacial score (nSPS) is 16.1. The third-order valence-corrected chi connectivity index (χ3v) is 5.25. The quantitative estimate of drug-likeness (QED) is 0.408. The van der Waals surface area contributed by atoms with Gasteiger partial charge in [0, 0.05) is 0 Å². The number of ether oxygens (including phenoxy) is 3. The fourth-order valence-electron chi connectivity index (χ4n) is 2.40. The van der Waals surface area contributed by atoms with E-state index in [2.05, 4.69) is 15.9 Å². The Balaban J connectivity index is 2.12. The van der Waals surface area contributed by atoms with E-state index in [9.17, 15) is 19.2 Å². The summed E-state index contributed by atoms with van der Waals surface area (Å²) >= 11 is 4.10. The second-order valence-corrected chi connectivity index (χ2v) is 7.61. The van der Waals surface area contributed by atoms with Crippen molar-refractivity contribution in [3.8, 4) is 5.75 Å². The topological polar surface area (TPSA) is 99.2 Å². The maximum atomic E-state index is 12.6. The molecule has 2 rings (SSSR count). The molecule has 1 aromatic rings. The molecule has 1 saturated heterocycles. The number of hydrogen-bond donors (Lipinski definition) is 0. The van der Waals surface area contributed by atoms with Crippen LogP contribution in [0.25, 0.3) is 6.08 Å². The molecule has 1 fully saturated rings. The Kier molecular flexibility index (Phi) is 8.27. The van der Waals surface area contributed by atoms with Gasteiger partial charge < -0.3 is 14.2 Å². The highest BCUT2D eigenvalue weighted by Gasteiger charge is 2.41. The molecular formula is C19H20BrNO7S. The van der Waals surface area contributed by atoms with Crippen LogP contribution in [-0.4, -0.2) is 53.8 Å². The summed E-state index contributed by atoms with van der Waals surface area (Å²) in [6.45, 7) is 5.01. The lowest BCUT2D eigenvalue weighted by Gasteiger charge is -2.19. The minimum Gasteiger partial charge on any atom is -0.481 e. The van der Waals surface area contributed by atoms with Gasteiger partial charge in [-0.2, -0.15) is 0 Å². The van der Waals surface area contributed by atoms with Gasteiger partial charge in [-0.3, -0.25) is 14.5 Å². The third kappa shape index (κ3) is 5.83. The highest BCUT2D eigenvalue weighted by atomic mass is 79.9. The van der Waals surface area contributed by atoms with Crippen molar-refractivity contribution in [2.75, 3.05) is 19.8 Å². The second-order valence-electron chi connectivity index (χ2n) is 5.76. The summed E-state index contributed by atoms with van der Waals surface area (Å²) in [4.78, 5) is 49.1. The molecule has 0 spiro atoms. The van der Waals surface area contributed by atoms with Crippen molar-refractivity contribution >= 4 is 56.9 Å². The molecule has 2 amide bonds. The van der Waals surface area contributed by atoms with E-state index in [1.54, 1.807) is 38.1 Å². The highest BCUT2D eigenvalue weighted by Crippen LogP contribution is 2.35. The number of benzene rings is 1. The molecule has 0 aromatic heterocycles. The first kappa shape index (κ1) is 23.0. The van der Waals surface area contributed by atoms with Gasteiger partial charge in [-0.1, -0.05) is 6.07 Å². The molecule has 0 aliphatic carbocycles. The summed E-state index contributed by atoms with van der Waals surface area (Å²) in [6, 6.07) is 3.98. The number of rotatable bonds is 8. The number of carbonyl (C=O) groups is 4. The molecule has 0 radical (unpaired) electrons. The summed E-state index contributed by atoms with van der Waals surface area (Å²) in [5.74, 6) is -1.24. The fraction of sp³-hybridized carbons (Fsp3) is 0.368. The predicted molar refractivity (Wildman–Crippen MR) is 110 cm³/mol. The van der Waals surface area contributed by atoms with E-state index in [-0.39, 0.29) is 24.7 Å². The van der Waals surface area contributed by atoms with Crippen molar-refractivity contribution < 1.29 is 33.4 Å². The number of nitrogens with zero attached hydrogens (tertiary/aromatic N) is 1. The lowest BCUT2D eigenvalue weighted by molar-refractivity contribution is -0.150. The number of imide groups is 1. The van der Waals surface area contributed by atoms with E-state index in [0.29, 0.717) is 15.8 Å². The third-order valence-electron chi connectivity index (χ3n) is 3.74. The summed E-state index contributed by atoms with van der Waals surface area (Å²) in [6.07, 6.45) is 1.54. The number of hydrogen-bond acceptors (Lipinski definition) is 8. The van der Waals surface area contributed by atoms with Gasteiger partial charge >= 0.3 is 11.9 Å². The molecule has 10 heteroatoms. The minimum atomic E-state index is -1.00. The zero-order valence-corrected chi connectivity index (χ0v) is 18.5. The standard InChI is InChI=1S/C19H20BrNO7S/c1-4-26-16(22)10-28-14-7-6-12(8-13(14)20)9-15-17(23)21(19(25)29-15)11(3)18(24)27-5-2/h6-9,11H,4-5,10H2,1-3H3. The fourth-order valence-corrected chi connectivity index (χ4v) is 3.82. The van der Waals surface area contributed by atoms with Crippen LogP contribution in [0.4, 0.5) is 4.79 Å². The van der Waals surface area contributed by atoms with Crippen LogP contribution in [0.3, 0.4) is 0 Å². The van der Waals surface area contributed by atoms with Crippen molar-refractivity contribution in [1.29, 1.82) is 0 Å². The van der Waals surface area contributed by atoms with Gasteiger partial charge in [-0.25, -0.2) is 9.59 Å². The Morgan fingerprint density at radius 3 is 2.52 bits per heavy atom. The monoisotopic (exact) mass is 485 g/mol. The van der Waals surface area contributed by atoms with Gasteiger partial charge in [-0.15, -0.1) is 0 Å². The van der Waals surface area contributed by atoms with Crippen LogP contribution in [0.2, 0.25) is 0 Å². The molecule has 156 valence electrons. The van der Waals surface area contributed by atoms with Gasteiger partial charge in [0.05, 0.1) is 22.6 Å². The van der Waals surface area contributed by atoms with Crippen LogP contribution in [0.1, 0.15) is 26.3 Å². The van der Waals surface area contributed by atoms with Gasteiger partial charge in [0.1, 0.15) is 11.8 Å². The molecular weight excluding hydrogens is 466 g/mol. The molecule has 0 N–H and O–H groups in total. The number of amides is 2. The molecule has 8 nitrogen and oxygen atoms in total. The maximum Gasteiger partial charge on any atom is 0.344 e. The van der Waals surface area contributed by atoms with Crippen molar-refractivity contribution in [1.82, 2.24) is 4.90 Å². The van der Waals surface area contributed by atoms with Crippen molar-refractivity contribution in [2.24, 2.45) is 0 Å². The first-order valence-corrected chi connectivity index (χ1v) is 10.4. The number of esters is 2. The molecule has 29 heavy (non-hydrogen) atoms. The summed E-state index contributed by atoms with van der Waals surface area (Å²) in [5.41, 5.74) is 0.634. The lowest BCUT2D eigenvalue weighted by atomic mass is 10.2. The van der Waals surface area contributed by atoms with Crippen LogP contribution in [0.5, 0.6) is 5.75 Å². The van der Waals surface area contributed by atoms with Crippen LogP contribution in [-0.2, 0) is 23.9 Å². The largest absolute Gasteiger partial charge is 0.481 e. The average molecular weight is 486 g/mol. The van der Waals surface area contributed by atoms with Crippen LogP contribution in [0.15, 0.2) is 27.6 Å². The SMILES string of the molecule is CCOC(=O)COc1ccc(C=C2SC(=O)N(C(C)C(=O)OCC)C2=O)cc1Br. The van der Waals surface area contributed by atoms with Gasteiger partial charge in [0.2, 0.25) is 0 Å². The molecule has 1 unspecified atom stereocenters. The summed E-state index contributed by atoms with van der Waals surface area (Å²) in [5, 5.41) is -0.532. The van der Waals surface area contributed by atoms with E-state index in [0.717, 1.165) is 16.7 Å². The first-order valence-electron chi connectivity index (χ1n) is 8.80. The van der Waals surface area contributed by atoms with Gasteiger partial charge in [0.25, 0.3) is 11.1 Å². The van der Waals surface area contributed by atoms with Crippen molar-refractivity contribution in [3.63, 3.8) is 0 Å².